The quantitative estimate of drug-likeness (QED) is 0.423. The zero-order valence-corrected chi connectivity index (χ0v) is 22.7. The van der Waals surface area contributed by atoms with Gasteiger partial charge in [-0.05, 0) is 63.8 Å². The molecule has 0 saturated carbocycles. The lowest BCUT2D eigenvalue weighted by Gasteiger charge is -2.34. The van der Waals surface area contributed by atoms with E-state index in [1.165, 1.54) is 9.87 Å². The molecule has 3 aromatic rings. The van der Waals surface area contributed by atoms with E-state index >= 15 is 0 Å². The number of urea groups is 1. The molecule has 9 heteroatoms. The number of rotatable bonds is 5. The molecule has 0 aliphatic carbocycles. The Morgan fingerprint density at radius 3 is 2.29 bits per heavy atom. The molecule has 34 heavy (non-hydrogen) atoms. The fourth-order valence-corrected chi connectivity index (χ4v) is 6.81. The van der Waals surface area contributed by atoms with Crippen molar-refractivity contribution in [2.75, 3.05) is 26.2 Å². The Balaban J connectivity index is 1.35. The summed E-state index contributed by atoms with van der Waals surface area (Å²) in [6.45, 7) is 3.63. The molecule has 0 aromatic heterocycles. The summed E-state index contributed by atoms with van der Waals surface area (Å²) in [6, 6.07) is 21.3. The second-order valence-corrected chi connectivity index (χ2v) is 11.9. The number of carbonyl (C=O) groups is 1. The molecule has 0 radical (unpaired) electrons. The van der Waals surface area contributed by atoms with Crippen molar-refractivity contribution in [1.82, 2.24) is 14.5 Å². The molecular weight excluding hydrogens is 582 g/mol. The van der Waals surface area contributed by atoms with E-state index in [0.717, 1.165) is 16.7 Å². The number of piperazine rings is 1. The van der Waals surface area contributed by atoms with Crippen LogP contribution in [0.1, 0.15) is 11.1 Å². The van der Waals surface area contributed by atoms with Gasteiger partial charge >= 0.3 is 6.03 Å². The summed E-state index contributed by atoms with van der Waals surface area (Å²) < 4.78 is 28.8. The number of hydrogen-bond acceptors (Lipinski definition) is 3. The summed E-state index contributed by atoms with van der Waals surface area (Å²) in [5.74, 6) is 0. The minimum Gasteiger partial charge on any atom is -0.334 e. The summed E-state index contributed by atoms with van der Waals surface area (Å²) in [4.78, 5) is 14.6. The molecule has 2 amide bonds. The first-order chi connectivity index (χ1) is 16.2. The van der Waals surface area contributed by atoms with Gasteiger partial charge in [0, 0.05) is 41.7 Å². The van der Waals surface area contributed by atoms with Crippen LogP contribution in [0.3, 0.4) is 0 Å². The van der Waals surface area contributed by atoms with Crippen LogP contribution in [0, 0.1) is 6.92 Å². The zero-order valence-electron chi connectivity index (χ0n) is 18.7. The van der Waals surface area contributed by atoms with Crippen molar-refractivity contribution in [3.63, 3.8) is 0 Å². The fourth-order valence-electron chi connectivity index (χ4n) is 3.92. The summed E-state index contributed by atoms with van der Waals surface area (Å²) in [5, 5.41) is 2.97. The molecule has 178 valence electrons. The van der Waals surface area contributed by atoms with Gasteiger partial charge in [-0.2, -0.15) is 4.31 Å². The molecule has 0 spiro atoms. The Morgan fingerprint density at radius 1 is 0.912 bits per heavy atom. The van der Waals surface area contributed by atoms with Gasteiger partial charge in [-0.25, -0.2) is 13.2 Å². The van der Waals surface area contributed by atoms with Gasteiger partial charge < -0.3 is 10.2 Å². The van der Waals surface area contributed by atoms with E-state index < -0.39 is 10.0 Å². The minimum atomic E-state index is -3.66. The summed E-state index contributed by atoms with van der Waals surface area (Å²) >= 11 is 6.67. The smallest absolute Gasteiger partial charge is 0.317 e. The predicted octanol–water partition coefficient (Wildman–Crippen LogP) is 5.40. The number of carbonyl (C=O) groups excluding carboxylic acids is 1. The van der Waals surface area contributed by atoms with Gasteiger partial charge in [0.2, 0.25) is 10.0 Å². The van der Waals surface area contributed by atoms with Gasteiger partial charge in [-0.1, -0.05) is 64.0 Å². The lowest BCUT2D eigenvalue weighted by molar-refractivity contribution is 0.172. The Morgan fingerprint density at radius 2 is 1.59 bits per heavy atom. The Kier molecular flexibility index (Phi) is 7.77. The number of amides is 2. The van der Waals surface area contributed by atoms with Crippen LogP contribution in [0.2, 0.25) is 0 Å². The Labute approximate surface area is 217 Å². The van der Waals surface area contributed by atoms with E-state index in [0.29, 0.717) is 28.6 Å². The lowest BCUT2D eigenvalue weighted by Crippen LogP contribution is -2.53. The SMILES string of the molecule is Cc1cccc(-c2cccc(CNC(=O)N3CCN(S(=O)(=O)c4cc(Br)ccc4Br)CC3)c2)c1. The van der Waals surface area contributed by atoms with Crippen molar-refractivity contribution in [3.8, 4) is 11.1 Å². The van der Waals surface area contributed by atoms with Gasteiger partial charge in [0.05, 0.1) is 4.90 Å². The van der Waals surface area contributed by atoms with Crippen molar-refractivity contribution < 1.29 is 13.2 Å². The maximum atomic E-state index is 13.1. The first kappa shape index (κ1) is 24.9. The van der Waals surface area contributed by atoms with Crippen LogP contribution in [0.15, 0.2) is 80.6 Å². The topological polar surface area (TPSA) is 69.7 Å². The van der Waals surface area contributed by atoms with Crippen LogP contribution < -0.4 is 5.32 Å². The average Bonchev–Trinajstić information content (AvgIpc) is 2.84. The van der Waals surface area contributed by atoms with Crippen LogP contribution in [0.25, 0.3) is 11.1 Å². The fraction of sp³-hybridized carbons (Fsp3) is 0.240. The van der Waals surface area contributed by atoms with E-state index in [9.17, 15) is 13.2 Å². The van der Waals surface area contributed by atoms with Gasteiger partial charge in [0.15, 0.2) is 0 Å². The third-order valence-corrected chi connectivity index (χ3v) is 9.14. The Hall–Kier alpha value is -2.20. The molecular formula is C25H25Br2N3O3S. The predicted molar refractivity (Wildman–Crippen MR) is 141 cm³/mol. The third-order valence-electron chi connectivity index (χ3n) is 5.76. The van der Waals surface area contributed by atoms with Crippen molar-refractivity contribution in [3.05, 3.63) is 86.8 Å². The highest BCUT2D eigenvalue weighted by molar-refractivity contribution is 9.11. The summed E-state index contributed by atoms with van der Waals surface area (Å²) in [5.41, 5.74) is 4.45. The van der Waals surface area contributed by atoms with Crippen LogP contribution in [0.5, 0.6) is 0 Å². The molecule has 3 aromatic carbocycles. The molecule has 1 heterocycles. The molecule has 0 bridgehead atoms. The zero-order chi connectivity index (χ0) is 24.3. The number of sulfonamides is 1. The van der Waals surface area contributed by atoms with Crippen molar-refractivity contribution in [1.29, 1.82) is 0 Å². The van der Waals surface area contributed by atoms with Crippen molar-refractivity contribution >= 4 is 47.9 Å². The number of nitrogens with one attached hydrogen (secondary N) is 1. The summed E-state index contributed by atoms with van der Waals surface area (Å²) in [6.07, 6.45) is 0. The number of aryl methyl sites for hydroxylation is 1. The molecule has 0 unspecified atom stereocenters. The van der Waals surface area contributed by atoms with E-state index in [4.69, 9.17) is 0 Å². The van der Waals surface area contributed by atoms with Crippen LogP contribution >= 0.6 is 31.9 Å². The van der Waals surface area contributed by atoms with Crippen molar-refractivity contribution in [2.24, 2.45) is 0 Å². The van der Waals surface area contributed by atoms with Gasteiger partial charge in [-0.3, -0.25) is 0 Å². The normalized spacial score (nSPS) is 14.7. The first-order valence-electron chi connectivity index (χ1n) is 10.9. The lowest BCUT2D eigenvalue weighted by atomic mass is 10.0. The summed E-state index contributed by atoms with van der Waals surface area (Å²) in [7, 11) is -3.66. The maximum Gasteiger partial charge on any atom is 0.317 e. The highest BCUT2D eigenvalue weighted by Gasteiger charge is 2.31. The van der Waals surface area contributed by atoms with Gasteiger partial charge in [-0.15, -0.1) is 0 Å². The number of benzene rings is 3. The highest BCUT2D eigenvalue weighted by atomic mass is 79.9. The molecule has 1 saturated heterocycles. The molecule has 0 atom stereocenters. The molecule has 1 N–H and O–H groups in total. The number of halogens is 2. The maximum absolute atomic E-state index is 13.1. The van der Waals surface area contributed by atoms with E-state index in [1.54, 1.807) is 23.1 Å². The molecule has 1 aliphatic heterocycles. The second-order valence-electron chi connectivity index (χ2n) is 8.19. The van der Waals surface area contributed by atoms with E-state index in [2.05, 4.69) is 74.4 Å². The number of nitrogens with zero attached hydrogens (tertiary/aromatic N) is 2. The second kappa shape index (κ2) is 10.6. The monoisotopic (exact) mass is 605 g/mol. The molecule has 1 aliphatic rings. The van der Waals surface area contributed by atoms with Crippen LogP contribution in [-0.4, -0.2) is 49.8 Å². The third kappa shape index (κ3) is 5.71. The van der Waals surface area contributed by atoms with Gasteiger partial charge in [0.25, 0.3) is 0 Å². The standard InChI is InChI=1S/C25H25Br2N3O3S/c1-18-4-2-6-20(14-18)21-7-3-5-19(15-21)17-28-25(31)29-10-12-30(13-11-29)34(32,33)24-16-22(26)8-9-23(24)27/h2-9,14-16H,10-13,17H2,1H3,(H,28,31). The molecule has 6 nitrogen and oxygen atoms in total. The average molecular weight is 607 g/mol. The van der Waals surface area contributed by atoms with E-state index in [1.807, 2.05) is 18.2 Å². The Bertz CT molecular complexity index is 1310. The molecule has 4 rings (SSSR count). The van der Waals surface area contributed by atoms with Crippen LogP contribution in [0.4, 0.5) is 4.79 Å². The van der Waals surface area contributed by atoms with Crippen LogP contribution in [-0.2, 0) is 16.6 Å². The first-order valence-corrected chi connectivity index (χ1v) is 13.9. The van der Waals surface area contributed by atoms with Crippen molar-refractivity contribution in [2.45, 2.75) is 18.4 Å². The minimum absolute atomic E-state index is 0.193. The van der Waals surface area contributed by atoms with Gasteiger partial charge in [0.1, 0.15) is 0 Å². The largest absolute Gasteiger partial charge is 0.334 e. The molecule has 1 fully saturated rings. The van der Waals surface area contributed by atoms with E-state index in [-0.39, 0.29) is 24.0 Å². The highest BCUT2D eigenvalue weighted by Crippen LogP contribution is 2.29. The number of hydrogen-bond donors (Lipinski definition) is 1.